The van der Waals surface area contributed by atoms with Crippen LogP contribution in [0.2, 0.25) is 0 Å². The predicted octanol–water partition coefficient (Wildman–Crippen LogP) is 12.1. The van der Waals surface area contributed by atoms with Crippen molar-refractivity contribution < 1.29 is 28.9 Å². The lowest BCUT2D eigenvalue weighted by Gasteiger charge is -2.12. The minimum Gasteiger partial charge on any atom is -0.463 e. The molecule has 0 bridgehead atoms. The van der Waals surface area contributed by atoms with Crippen LogP contribution in [0.25, 0.3) is 0 Å². The number of allylic oxidation sites excluding steroid dienone is 1. The normalized spacial score (nSPS) is 16.4. The van der Waals surface area contributed by atoms with Gasteiger partial charge in [0.15, 0.2) is 0 Å². The molecule has 6 nitrogen and oxygen atoms in total. The van der Waals surface area contributed by atoms with Gasteiger partial charge in [-0.15, -0.1) is 0 Å². The van der Waals surface area contributed by atoms with E-state index in [9.17, 15) is 14.7 Å². The second kappa shape index (κ2) is 33.7. The molecule has 2 unspecified atom stereocenters. The van der Waals surface area contributed by atoms with E-state index in [1.165, 1.54) is 128 Å². The summed E-state index contributed by atoms with van der Waals surface area (Å²) < 4.78 is 16.1. The molecule has 1 heterocycles. The number of hydrogen-bond donors (Lipinski definition) is 1. The highest BCUT2D eigenvalue weighted by molar-refractivity contribution is 5.69. The van der Waals surface area contributed by atoms with Gasteiger partial charge in [-0.25, -0.2) is 0 Å². The third kappa shape index (κ3) is 32.3. The van der Waals surface area contributed by atoms with Gasteiger partial charge in [0.1, 0.15) is 19.3 Å². The molecule has 0 spiro atoms. The van der Waals surface area contributed by atoms with Crippen molar-refractivity contribution in [2.24, 2.45) is 5.92 Å². The van der Waals surface area contributed by atoms with Crippen LogP contribution in [0.15, 0.2) is 12.2 Å². The van der Waals surface area contributed by atoms with E-state index in [1.54, 1.807) is 0 Å². The summed E-state index contributed by atoms with van der Waals surface area (Å²) >= 11 is 0. The second-order valence-electron chi connectivity index (χ2n) is 15.3. The largest absolute Gasteiger partial charge is 0.463 e. The molecule has 1 fully saturated rings. The van der Waals surface area contributed by atoms with Gasteiger partial charge in [0.25, 0.3) is 0 Å². The van der Waals surface area contributed by atoms with Crippen LogP contribution in [0.4, 0.5) is 0 Å². The van der Waals surface area contributed by atoms with Gasteiger partial charge in [0, 0.05) is 12.8 Å². The molecule has 1 saturated heterocycles. The van der Waals surface area contributed by atoms with E-state index < -0.39 is 6.10 Å². The van der Waals surface area contributed by atoms with Crippen LogP contribution in [-0.2, 0) is 23.8 Å². The van der Waals surface area contributed by atoms with Gasteiger partial charge in [0.2, 0.25) is 0 Å². The Kier molecular flexibility index (Phi) is 31.4. The van der Waals surface area contributed by atoms with E-state index in [-0.39, 0.29) is 25.2 Å². The average Bonchev–Trinajstić information content (AvgIpc) is 3.84. The van der Waals surface area contributed by atoms with Gasteiger partial charge in [0.05, 0.1) is 12.2 Å². The zero-order valence-electron chi connectivity index (χ0n) is 32.6. The highest BCUT2D eigenvalue weighted by atomic mass is 16.6. The van der Waals surface area contributed by atoms with E-state index >= 15 is 0 Å². The predicted molar refractivity (Wildman–Crippen MR) is 205 cm³/mol. The Morgan fingerprint density at radius 3 is 1.51 bits per heavy atom. The third-order valence-electron chi connectivity index (χ3n) is 9.85. The minimum absolute atomic E-state index is 0.119. The van der Waals surface area contributed by atoms with Crippen LogP contribution in [0.3, 0.4) is 0 Å². The summed E-state index contributed by atoms with van der Waals surface area (Å²) in [6.45, 7) is 6.64. The molecule has 3 atom stereocenters. The molecule has 49 heavy (non-hydrogen) atoms. The highest BCUT2D eigenvalue weighted by Gasteiger charge is 2.36. The monoisotopic (exact) mass is 693 g/mol. The van der Waals surface area contributed by atoms with Crippen LogP contribution in [0, 0.1) is 5.92 Å². The SMILES string of the molecule is CCCCCC1OC1C/C=C\CCCCCCCC(=O)OC[C@H](O)COC(=O)CCCCCCCCCCCCCCCCCCC(C)C. The number of carbonyl (C=O) groups excluding carboxylic acids is 2. The van der Waals surface area contributed by atoms with Gasteiger partial charge in [-0.2, -0.15) is 0 Å². The van der Waals surface area contributed by atoms with Crippen molar-refractivity contribution in [2.45, 2.75) is 232 Å². The van der Waals surface area contributed by atoms with Crippen LogP contribution >= 0.6 is 0 Å². The van der Waals surface area contributed by atoms with Crippen LogP contribution in [-0.4, -0.2) is 48.6 Å². The summed E-state index contributed by atoms with van der Waals surface area (Å²) in [6, 6.07) is 0. The van der Waals surface area contributed by atoms with Crippen LogP contribution < -0.4 is 0 Å². The molecule has 0 aliphatic carbocycles. The Hall–Kier alpha value is -1.40. The van der Waals surface area contributed by atoms with Crippen molar-refractivity contribution >= 4 is 11.9 Å². The van der Waals surface area contributed by atoms with Gasteiger partial charge < -0.3 is 19.3 Å². The average molecular weight is 693 g/mol. The fourth-order valence-electron chi connectivity index (χ4n) is 6.51. The van der Waals surface area contributed by atoms with Crippen LogP contribution in [0.1, 0.15) is 213 Å². The summed E-state index contributed by atoms with van der Waals surface area (Å²) in [4.78, 5) is 24.0. The molecule has 1 N–H and O–H groups in total. The van der Waals surface area contributed by atoms with Crippen molar-refractivity contribution in [3.8, 4) is 0 Å². The van der Waals surface area contributed by atoms with Crippen molar-refractivity contribution in [1.82, 2.24) is 0 Å². The summed E-state index contributed by atoms with van der Waals surface area (Å²) in [5.41, 5.74) is 0. The topological polar surface area (TPSA) is 85.4 Å². The summed E-state index contributed by atoms with van der Waals surface area (Å²) in [5, 5.41) is 10.0. The molecular weight excluding hydrogens is 612 g/mol. The summed E-state index contributed by atoms with van der Waals surface area (Å²) in [5.74, 6) is 0.281. The van der Waals surface area contributed by atoms with Gasteiger partial charge >= 0.3 is 11.9 Å². The standard InChI is InChI=1S/C43H80O6/c1-4-5-26-32-40-41(49-40)33-28-23-19-16-17-21-25-30-35-43(46)48-37-39(44)36-47-42(45)34-29-24-20-15-13-11-9-7-6-8-10-12-14-18-22-27-31-38(2)3/h23,28,38-41,44H,4-22,24-27,29-37H2,1-3H3/b28-23-/t39-,40?,41?/m1/s1. The smallest absolute Gasteiger partial charge is 0.305 e. The maximum atomic E-state index is 12.0. The Morgan fingerprint density at radius 2 is 1.04 bits per heavy atom. The first kappa shape index (κ1) is 45.6. The van der Waals surface area contributed by atoms with Gasteiger partial charge in [-0.05, 0) is 44.4 Å². The number of aliphatic hydroxyl groups is 1. The first-order chi connectivity index (χ1) is 23.9. The molecule has 288 valence electrons. The molecule has 6 heteroatoms. The summed E-state index contributed by atoms with van der Waals surface area (Å²) in [6.07, 6.45) is 40.1. The molecule has 1 aliphatic heterocycles. The molecule has 0 radical (unpaired) electrons. The number of epoxide rings is 1. The highest BCUT2D eigenvalue weighted by Crippen LogP contribution is 2.30. The molecule has 0 aromatic heterocycles. The second-order valence-corrected chi connectivity index (χ2v) is 15.3. The number of unbranched alkanes of at least 4 members (excludes halogenated alkanes) is 22. The Balaban J connectivity index is 1.78. The van der Waals surface area contributed by atoms with E-state index in [1.807, 2.05) is 0 Å². The Bertz CT molecular complexity index is 780. The molecule has 0 saturated carbocycles. The molecule has 0 aromatic carbocycles. The van der Waals surface area contributed by atoms with Crippen LogP contribution in [0.5, 0.6) is 0 Å². The first-order valence-corrected chi connectivity index (χ1v) is 21.2. The Morgan fingerprint density at radius 1 is 0.592 bits per heavy atom. The van der Waals surface area contributed by atoms with Crippen molar-refractivity contribution in [1.29, 1.82) is 0 Å². The molecule has 0 aromatic rings. The lowest BCUT2D eigenvalue weighted by atomic mass is 10.0. The lowest BCUT2D eigenvalue weighted by Crippen LogP contribution is -2.25. The van der Waals surface area contributed by atoms with E-state index in [0.29, 0.717) is 25.0 Å². The number of rotatable bonds is 37. The zero-order valence-corrected chi connectivity index (χ0v) is 32.6. The number of aliphatic hydroxyl groups excluding tert-OH is 1. The Labute approximate surface area is 303 Å². The van der Waals surface area contributed by atoms with Gasteiger partial charge in [-0.3, -0.25) is 9.59 Å². The summed E-state index contributed by atoms with van der Waals surface area (Å²) in [7, 11) is 0. The zero-order chi connectivity index (χ0) is 35.6. The van der Waals surface area contributed by atoms with Crippen molar-refractivity contribution in [2.75, 3.05) is 13.2 Å². The van der Waals surface area contributed by atoms with Crippen molar-refractivity contribution in [3.63, 3.8) is 0 Å². The minimum atomic E-state index is -0.969. The fourth-order valence-corrected chi connectivity index (χ4v) is 6.51. The maximum absolute atomic E-state index is 12.0. The third-order valence-corrected chi connectivity index (χ3v) is 9.85. The quantitative estimate of drug-likeness (QED) is 0.0302. The van der Waals surface area contributed by atoms with E-state index in [0.717, 1.165) is 57.3 Å². The van der Waals surface area contributed by atoms with Crippen molar-refractivity contribution in [3.05, 3.63) is 12.2 Å². The molecule has 0 amide bonds. The fraction of sp³-hybridized carbons (Fsp3) is 0.907. The molecular formula is C43H80O6. The maximum Gasteiger partial charge on any atom is 0.305 e. The number of hydrogen-bond acceptors (Lipinski definition) is 6. The number of ether oxygens (including phenoxy) is 3. The van der Waals surface area contributed by atoms with Gasteiger partial charge in [-0.1, -0.05) is 174 Å². The molecule has 1 aliphatic rings. The molecule has 1 rings (SSSR count). The lowest BCUT2D eigenvalue weighted by molar-refractivity contribution is -0.152. The number of carbonyl (C=O) groups is 2. The van der Waals surface area contributed by atoms with E-state index in [4.69, 9.17) is 14.2 Å². The number of esters is 2. The van der Waals surface area contributed by atoms with E-state index in [2.05, 4.69) is 32.9 Å². The first-order valence-electron chi connectivity index (χ1n) is 21.2.